The number of hydrogen-bond donors (Lipinski definition) is 0. The molecule has 0 aromatic carbocycles. The quantitative estimate of drug-likeness (QED) is 0.0828. The van der Waals surface area contributed by atoms with E-state index in [-0.39, 0.29) is 0 Å². The van der Waals surface area contributed by atoms with Crippen LogP contribution in [-0.2, 0) is 0 Å². The minimum Gasteiger partial charge on any atom is -0.301 e. The maximum Gasteiger partial charge on any atom is 0.0524 e. The monoisotopic (exact) mass is 1450 g/mol. The van der Waals surface area contributed by atoms with Gasteiger partial charge in [-0.25, -0.2) is 0 Å². The van der Waals surface area contributed by atoms with Gasteiger partial charge in [0.1, 0.15) is 0 Å². The zero-order valence-electron chi connectivity index (χ0n) is 74.9. The van der Waals surface area contributed by atoms with Gasteiger partial charge in [0.2, 0.25) is 0 Å². The van der Waals surface area contributed by atoms with Crippen LogP contribution in [-0.4, -0.2) is 131 Å². The Morgan fingerprint density at radius 1 is 0.295 bits per heavy atom. The van der Waals surface area contributed by atoms with Crippen molar-refractivity contribution in [1.82, 2.24) is 54.3 Å². The predicted octanol–water partition coefficient (Wildman–Crippen LogP) is 25.4. The Hall–Kier alpha value is -5.20. The van der Waals surface area contributed by atoms with Gasteiger partial charge >= 0.3 is 0 Å². The molecule has 0 bridgehead atoms. The van der Waals surface area contributed by atoms with E-state index >= 15 is 0 Å². The molecular formula is C94H165N11. The molecule has 0 atom stereocenters. The van der Waals surface area contributed by atoms with Crippen molar-refractivity contribution in [2.75, 3.05) is 52.4 Å². The van der Waals surface area contributed by atoms with Crippen LogP contribution in [0.2, 0.25) is 0 Å². The second-order valence-corrected chi connectivity index (χ2v) is 35.6. The molecule has 11 heteroatoms. The van der Waals surface area contributed by atoms with Gasteiger partial charge in [0.05, 0.1) is 6.20 Å². The van der Waals surface area contributed by atoms with E-state index in [2.05, 4.69) is 366 Å². The number of piperidine rings is 1. The van der Waals surface area contributed by atoms with Crippen LogP contribution >= 0.6 is 0 Å². The van der Waals surface area contributed by atoms with Gasteiger partial charge in [0, 0.05) is 135 Å². The molecule has 0 radical (unpaired) electrons. The number of hydrogen-bond acceptors (Lipinski definition) is 10. The molecule has 0 aliphatic carbocycles. The van der Waals surface area contributed by atoms with E-state index in [1.807, 2.05) is 41.7 Å². The topological polar surface area (TPSA) is 95.2 Å². The molecule has 11 nitrogen and oxygen atoms in total. The van der Waals surface area contributed by atoms with Gasteiger partial charge < -0.3 is 9.80 Å². The zero-order chi connectivity index (χ0) is 80.1. The van der Waals surface area contributed by atoms with Crippen molar-refractivity contribution in [3.8, 4) is 0 Å². The normalized spacial score (nSPS) is 14.8. The lowest BCUT2D eigenvalue weighted by Gasteiger charge is -2.44. The number of rotatable bonds is 18. The van der Waals surface area contributed by atoms with Gasteiger partial charge in [-0.15, -0.1) is 0 Å². The highest BCUT2D eigenvalue weighted by Gasteiger charge is 2.30. The molecule has 3 fully saturated rings. The molecule has 596 valence electrons. The predicted molar refractivity (Wildman–Crippen MR) is 462 cm³/mol. The smallest absolute Gasteiger partial charge is 0.0524 e. The fourth-order valence-electron chi connectivity index (χ4n) is 12.1. The van der Waals surface area contributed by atoms with Crippen molar-refractivity contribution in [1.29, 1.82) is 0 Å². The molecule has 0 saturated carbocycles. The van der Waals surface area contributed by atoms with E-state index in [4.69, 9.17) is 0 Å². The zero-order valence-corrected chi connectivity index (χ0v) is 74.9. The Labute approximate surface area is 650 Å². The minimum atomic E-state index is 0.475. The largest absolute Gasteiger partial charge is 0.301 e. The van der Waals surface area contributed by atoms with Crippen LogP contribution in [0.1, 0.15) is 395 Å². The maximum absolute atomic E-state index is 4.57. The summed E-state index contributed by atoms with van der Waals surface area (Å²) in [5, 5.41) is 4.25. The van der Waals surface area contributed by atoms with E-state index in [1.165, 1.54) is 127 Å². The summed E-state index contributed by atoms with van der Waals surface area (Å²) in [4.78, 5) is 32.3. The van der Waals surface area contributed by atoms with E-state index in [0.717, 1.165) is 47.8 Å². The summed E-state index contributed by atoms with van der Waals surface area (Å²) in [5.74, 6) is 9.86. The SMILES string of the molecule is CC(C)C1CCN(C(C)C)CC1.CC(C)C1CN(C(C)C)C1.CC(C)N1CCN(C(C)C)CC1.CC(C)c1ccc(C(C)C)nc1.CC(C)c1ccc(C(C)C)nc1.CC(C)c1cccc(C(C)C)n1.CC(C)c1cccnc1C(C)C.CC(C)c1ccnc(C(C)C)c1.CC(C)c1cnn(C(C)C)c1. The van der Waals surface area contributed by atoms with Crippen molar-refractivity contribution in [2.24, 2.45) is 23.7 Å². The fraction of sp³-hybridized carbons (Fsp3) is 0.702. The molecule has 3 aliphatic rings. The highest BCUT2D eigenvalue weighted by molar-refractivity contribution is 5.26. The van der Waals surface area contributed by atoms with Gasteiger partial charge in [-0.1, -0.05) is 204 Å². The average Bonchev–Trinajstić information content (AvgIpc) is 1.62. The van der Waals surface area contributed by atoms with E-state index in [9.17, 15) is 0 Å². The third-order valence-corrected chi connectivity index (χ3v) is 20.7. The lowest BCUT2D eigenvalue weighted by Crippen LogP contribution is -2.51. The Balaban J connectivity index is 0.000000591. The first-order valence-electron chi connectivity index (χ1n) is 41.8. The Morgan fingerprint density at radius 3 is 0.990 bits per heavy atom. The van der Waals surface area contributed by atoms with Crippen molar-refractivity contribution >= 4 is 0 Å². The standard InChI is InChI=1S/C11H23N.5C11H17N.C10H22N2.C9H16N2.C9H19N/c1-9(2)11-5-7-12(8-6-11)10(3)4;1-8(2)10-5-6-12-11(7-10)9(3)4;2*1-8(2)10-5-6-11(9(3)4)12-7-10;1-8(2)10-6-5-7-12-11(10)9(3)4;1-8(2)10-6-5-7-11(12-10)9(3)4;1-9(2)11-5-7-12(8-6-11)10(3)4;1-7(2)9-5-10-11(6-9)8(3)4;1-7(2)9-5-10(6-9)8(3)4/h9-11H,5-8H2,1-4H3;5*5-9H,1-4H3;9-10H,5-8H2,1-4H3;5-8H,1-4H3;7-9H,5-6H2,1-4H3. The highest BCUT2D eigenvalue weighted by Crippen LogP contribution is 2.28. The summed E-state index contributed by atoms with van der Waals surface area (Å²) in [6, 6.07) is 26.8. The number of likely N-dealkylation sites (tertiary alicyclic amines) is 2. The fourth-order valence-corrected chi connectivity index (χ4v) is 12.1. The third-order valence-electron chi connectivity index (χ3n) is 20.7. The van der Waals surface area contributed by atoms with Crippen LogP contribution in [0.4, 0.5) is 0 Å². The third kappa shape index (κ3) is 38.6. The average molecular weight is 1450 g/mol. The van der Waals surface area contributed by atoms with Crippen LogP contribution in [0.15, 0.2) is 104 Å². The van der Waals surface area contributed by atoms with Crippen LogP contribution < -0.4 is 0 Å². The molecule has 105 heavy (non-hydrogen) atoms. The van der Waals surface area contributed by atoms with Crippen LogP contribution in [0.3, 0.4) is 0 Å². The number of piperazine rings is 1. The molecule has 0 amide bonds. The molecule has 0 unspecified atom stereocenters. The van der Waals surface area contributed by atoms with Gasteiger partial charge in [-0.05, 0) is 254 Å². The lowest BCUT2D eigenvalue weighted by molar-refractivity contribution is 0.0408. The van der Waals surface area contributed by atoms with Crippen molar-refractivity contribution < 1.29 is 0 Å². The van der Waals surface area contributed by atoms with Crippen LogP contribution in [0, 0.1) is 23.7 Å². The molecule has 3 aliphatic heterocycles. The molecule has 0 N–H and O–H groups in total. The number of nitrogens with zero attached hydrogens (tertiary/aromatic N) is 11. The van der Waals surface area contributed by atoms with E-state index < -0.39 is 0 Å². The summed E-state index contributed by atoms with van der Waals surface area (Å²) in [6.07, 6.45) is 14.7. The van der Waals surface area contributed by atoms with Crippen LogP contribution in [0.25, 0.3) is 0 Å². The van der Waals surface area contributed by atoms with Gasteiger partial charge in [0.25, 0.3) is 0 Å². The van der Waals surface area contributed by atoms with Crippen molar-refractivity contribution in [3.63, 3.8) is 0 Å². The first-order chi connectivity index (χ1) is 49.0. The summed E-state index contributed by atoms with van der Waals surface area (Å²) >= 11 is 0. The number of pyridine rings is 5. The summed E-state index contributed by atoms with van der Waals surface area (Å²) in [7, 11) is 0. The first kappa shape index (κ1) is 97.8. The van der Waals surface area contributed by atoms with Gasteiger partial charge in [0.15, 0.2) is 0 Å². The molecule has 9 heterocycles. The summed E-state index contributed by atoms with van der Waals surface area (Å²) < 4.78 is 2.00. The second kappa shape index (κ2) is 51.2. The summed E-state index contributed by atoms with van der Waals surface area (Å²) in [6.45, 7) is 90.2. The van der Waals surface area contributed by atoms with E-state index in [0.29, 0.717) is 71.1 Å². The Morgan fingerprint density at radius 2 is 0.695 bits per heavy atom. The van der Waals surface area contributed by atoms with Crippen LogP contribution in [0.5, 0.6) is 0 Å². The Kier molecular flexibility index (Phi) is 47.7. The van der Waals surface area contributed by atoms with Gasteiger partial charge in [-0.2, -0.15) is 5.10 Å². The first-order valence-corrected chi connectivity index (χ1v) is 41.8. The Bertz CT molecular complexity index is 2760. The highest BCUT2D eigenvalue weighted by atomic mass is 15.3. The second-order valence-electron chi connectivity index (χ2n) is 35.6. The number of aromatic nitrogens is 7. The molecule has 0 spiro atoms. The summed E-state index contributed by atoms with van der Waals surface area (Å²) in [5.41, 5.74) is 13.9. The molecular weight excluding hydrogens is 1280 g/mol. The molecule has 3 saturated heterocycles. The van der Waals surface area contributed by atoms with Crippen molar-refractivity contribution in [3.05, 3.63) is 166 Å². The minimum absolute atomic E-state index is 0.475. The molecule has 6 aromatic rings. The molecule has 6 aromatic heterocycles. The van der Waals surface area contributed by atoms with Gasteiger partial charge in [-0.3, -0.25) is 39.4 Å². The van der Waals surface area contributed by atoms with Crippen molar-refractivity contribution in [2.45, 2.75) is 357 Å². The molecule has 9 rings (SSSR count). The maximum atomic E-state index is 4.57. The van der Waals surface area contributed by atoms with E-state index in [1.54, 1.807) is 0 Å². The lowest BCUT2D eigenvalue weighted by atomic mass is 9.86.